The highest BCUT2D eigenvalue weighted by atomic mass is 35.5. The molecule has 1 heterocycles. The topological polar surface area (TPSA) is 20.3 Å². The fourth-order valence-corrected chi connectivity index (χ4v) is 2.08. The summed E-state index contributed by atoms with van der Waals surface area (Å²) in [4.78, 5) is 13.3. The van der Waals surface area contributed by atoms with E-state index in [-0.39, 0.29) is 11.3 Å². The SMILES string of the molecule is CCC(=O)N1CCC(C(C)Cl)CC1. The number of rotatable bonds is 2. The molecular formula is C10H18ClNO. The third-order valence-corrected chi connectivity index (χ3v) is 3.20. The van der Waals surface area contributed by atoms with Crippen LogP contribution in [0.4, 0.5) is 0 Å². The standard InChI is InChI=1S/C10H18ClNO/c1-3-10(13)12-6-4-9(5-7-12)8(2)11/h8-9H,3-7H2,1-2H3. The first kappa shape index (κ1) is 10.8. The van der Waals surface area contributed by atoms with Gasteiger partial charge >= 0.3 is 0 Å². The lowest BCUT2D eigenvalue weighted by molar-refractivity contribution is -0.132. The van der Waals surface area contributed by atoms with Crippen LogP contribution in [0, 0.1) is 5.92 Å². The molecule has 1 saturated heterocycles. The van der Waals surface area contributed by atoms with Crippen molar-refractivity contribution in [2.45, 2.75) is 38.5 Å². The maximum Gasteiger partial charge on any atom is 0.222 e. The van der Waals surface area contributed by atoms with Crippen molar-refractivity contribution in [3.05, 3.63) is 0 Å². The average Bonchev–Trinajstić information content (AvgIpc) is 2.17. The summed E-state index contributed by atoms with van der Waals surface area (Å²) < 4.78 is 0. The van der Waals surface area contributed by atoms with Crippen molar-refractivity contribution in [2.75, 3.05) is 13.1 Å². The van der Waals surface area contributed by atoms with E-state index in [2.05, 4.69) is 0 Å². The molecule has 0 spiro atoms. The van der Waals surface area contributed by atoms with E-state index >= 15 is 0 Å². The zero-order valence-electron chi connectivity index (χ0n) is 8.42. The summed E-state index contributed by atoms with van der Waals surface area (Å²) in [5.74, 6) is 0.878. The molecule has 2 nitrogen and oxygen atoms in total. The van der Waals surface area contributed by atoms with Gasteiger partial charge in [-0.15, -0.1) is 11.6 Å². The maximum atomic E-state index is 11.3. The molecule has 1 atom stereocenters. The Bertz CT molecular complexity index is 174. The van der Waals surface area contributed by atoms with Gasteiger partial charge in [0.2, 0.25) is 5.91 Å². The number of hydrogen-bond acceptors (Lipinski definition) is 1. The number of carbonyl (C=O) groups excluding carboxylic acids is 1. The Labute approximate surface area is 85.2 Å². The molecule has 0 saturated carbocycles. The second-order valence-electron chi connectivity index (χ2n) is 3.75. The second kappa shape index (κ2) is 4.85. The molecule has 1 fully saturated rings. The van der Waals surface area contributed by atoms with Crippen LogP contribution < -0.4 is 0 Å². The number of likely N-dealkylation sites (tertiary alicyclic amines) is 1. The molecule has 1 rings (SSSR count). The molecule has 1 unspecified atom stereocenters. The van der Waals surface area contributed by atoms with E-state index in [1.165, 1.54) is 0 Å². The predicted molar refractivity (Wildman–Crippen MR) is 54.9 cm³/mol. The average molecular weight is 204 g/mol. The van der Waals surface area contributed by atoms with Crippen LogP contribution in [0.5, 0.6) is 0 Å². The molecule has 1 aliphatic rings. The van der Waals surface area contributed by atoms with Gasteiger partial charge in [-0.05, 0) is 25.7 Å². The second-order valence-corrected chi connectivity index (χ2v) is 4.44. The summed E-state index contributed by atoms with van der Waals surface area (Å²) in [5.41, 5.74) is 0. The van der Waals surface area contributed by atoms with Gasteiger partial charge in [-0.1, -0.05) is 6.92 Å². The number of halogens is 1. The highest BCUT2D eigenvalue weighted by molar-refractivity contribution is 6.20. The molecule has 1 amide bonds. The van der Waals surface area contributed by atoms with Gasteiger partial charge in [0.15, 0.2) is 0 Å². The van der Waals surface area contributed by atoms with Crippen molar-refractivity contribution in [3.8, 4) is 0 Å². The molecule has 0 aromatic heterocycles. The summed E-state index contributed by atoms with van der Waals surface area (Å²) in [7, 11) is 0. The van der Waals surface area contributed by atoms with Gasteiger partial charge in [0, 0.05) is 24.9 Å². The van der Waals surface area contributed by atoms with Crippen LogP contribution in [0.2, 0.25) is 0 Å². The van der Waals surface area contributed by atoms with Crippen LogP contribution in [-0.4, -0.2) is 29.3 Å². The number of alkyl halides is 1. The number of hydrogen-bond donors (Lipinski definition) is 0. The van der Waals surface area contributed by atoms with Crippen molar-refractivity contribution in [1.29, 1.82) is 0 Å². The van der Waals surface area contributed by atoms with Crippen LogP contribution in [0.1, 0.15) is 33.1 Å². The molecule has 0 aliphatic carbocycles. The van der Waals surface area contributed by atoms with Gasteiger partial charge in [-0.3, -0.25) is 4.79 Å². The van der Waals surface area contributed by atoms with Crippen LogP contribution in [0.15, 0.2) is 0 Å². The summed E-state index contributed by atoms with van der Waals surface area (Å²) in [6, 6.07) is 0. The fraction of sp³-hybridized carbons (Fsp3) is 0.900. The van der Waals surface area contributed by atoms with Gasteiger partial charge in [0.05, 0.1) is 0 Å². The Morgan fingerprint density at radius 1 is 1.54 bits per heavy atom. The van der Waals surface area contributed by atoms with Crippen molar-refractivity contribution in [1.82, 2.24) is 4.90 Å². The van der Waals surface area contributed by atoms with E-state index in [9.17, 15) is 4.79 Å². The van der Waals surface area contributed by atoms with E-state index in [0.29, 0.717) is 12.3 Å². The molecule has 0 aromatic carbocycles. The lowest BCUT2D eigenvalue weighted by atomic mass is 9.94. The molecule has 0 N–H and O–H groups in total. The maximum absolute atomic E-state index is 11.3. The number of nitrogens with zero attached hydrogens (tertiary/aromatic N) is 1. The fourth-order valence-electron chi connectivity index (χ4n) is 1.83. The number of amides is 1. The van der Waals surface area contributed by atoms with E-state index in [1.807, 2.05) is 18.7 Å². The lowest BCUT2D eigenvalue weighted by Gasteiger charge is -2.33. The normalized spacial score (nSPS) is 21.6. The van der Waals surface area contributed by atoms with E-state index in [0.717, 1.165) is 25.9 Å². The quantitative estimate of drug-likeness (QED) is 0.631. The third kappa shape index (κ3) is 2.87. The first-order valence-electron chi connectivity index (χ1n) is 5.07. The minimum Gasteiger partial charge on any atom is -0.343 e. The zero-order chi connectivity index (χ0) is 9.84. The van der Waals surface area contributed by atoms with Crippen LogP contribution in [-0.2, 0) is 4.79 Å². The number of carbonyl (C=O) groups is 1. The molecular weight excluding hydrogens is 186 g/mol. The van der Waals surface area contributed by atoms with Crippen molar-refractivity contribution in [2.24, 2.45) is 5.92 Å². The first-order chi connectivity index (χ1) is 6.15. The molecule has 76 valence electrons. The Kier molecular flexibility index (Phi) is 4.04. The zero-order valence-corrected chi connectivity index (χ0v) is 9.18. The Morgan fingerprint density at radius 2 is 2.08 bits per heavy atom. The summed E-state index contributed by atoms with van der Waals surface area (Å²) >= 11 is 6.01. The van der Waals surface area contributed by atoms with Gasteiger partial charge < -0.3 is 4.90 Å². The lowest BCUT2D eigenvalue weighted by Crippen LogP contribution is -2.39. The largest absolute Gasteiger partial charge is 0.343 e. The minimum absolute atomic E-state index is 0.249. The molecule has 3 heteroatoms. The molecule has 0 radical (unpaired) electrons. The molecule has 1 aliphatic heterocycles. The van der Waals surface area contributed by atoms with Crippen molar-refractivity contribution >= 4 is 17.5 Å². The van der Waals surface area contributed by atoms with Gasteiger partial charge in [-0.25, -0.2) is 0 Å². The van der Waals surface area contributed by atoms with Crippen LogP contribution in [0.25, 0.3) is 0 Å². The van der Waals surface area contributed by atoms with E-state index < -0.39 is 0 Å². The van der Waals surface area contributed by atoms with Crippen molar-refractivity contribution in [3.63, 3.8) is 0 Å². The minimum atomic E-state index is 0.249. The predicted octanol–water partition coefficient (Wildman–Crippen LogP) is 2.26. The summed E-state index contributed by atoms with van der Waals surface area (Å²) in [5, 5.41) is 0.249. The third-order valence-electron chi connectivity index (χ3n) is 2.84. The van der Waals surface area contributed by atoms with Crippen LogP contribution in [0.3, 0.4) is 0 Å². The van der Waals surface area contributed by atoms with Gasteiger partial charge in [0.1, 0.15) is 0 Å². The highest BCUT2D eigenvalue weighted by Crippen LogP contribution is 2.23. The monoisotopic (exact) mass is 203 g/mol. The first-order valence-corrected chi connectivity index (χ1v) is 5.50. The molecule has 0 aromatic rings. The smallest absolute Gasteiger partial charge is 0.222 e. The van der Waals surface area contributed by atoms with Crippen molar-refractivity contribution < 1.29 is 4.79 Å². The van der Waals surface area contributed by atoms with Gasteiger partial charge in [0.25, 0.3) is 0 Å². The molecule has 13 heavy (non-hydrogen) atoms. The van der Waals surface area contributed by atoms with Crippen LogP contribution >= 0.6 is 11.6 Å². The Hall–Kier alpha value is -0.240. The van der Waals surface area contributed by atoms with E-state index in [4.69, 9.17) is 11.6 Å². The number of piperidine rings is 1. The molecule has 0 bridgehead atoms. The highest BCUT2D eigenvalue weighted by Gasteiger charge is 2.24. The summed E-state index contributed by atoms with van der Waals surface area (Å²) in [6.45, 7) is 5.75. The Balaban J connectivity index is 2.34. The summed E-state index contributed by atoms with van der Waals surface area (Å²) in [6.07, 6.45) is 2.76. The van der Waals surface area contributed by atoms with Gasteiger partial charge in [-0.2, -0.15) is 0 Å². The Morgan fingerprint density at radius 3 is 2.46 bits per heavy atom. The van der Waals surface area contributed by atoms with E-state index in [1.54, 1.807) is 0 Å².